The number of fused-ring (bicyclic) bond motifs is 1. The summed E-state index contributed by atoms with van der Waals surface area (Å²) in [7, 11) is 1.53. The van der Waals surface area contributed by atoms with Crippen molar-refractivity contribution in [3.63, 3.8) is 0 Å². The molecule has 2 aromatic carbocycles. The van der Waals surface area contributed by atoms with E-state index in [1.807, 2.05) is 18.4 Å². The van der Waals surface area contributed by atoms with Gasteiger partial charge in [-0.05, 0) is 60.7 Å². The highest BCUT2D eigenvalue weighted by molar-refractivity contribution is 7.11. The summed E-state index contributed by atoms with van der Waals surface area (Å²) in [6.45, 7) is 3.78. The highest BCUT2D eigenvalue weighted by Gasteiger charge is 2.30. The van der Waals surface area contributed by atoms with Gasteiger partial charge in [0.15, 0.2) is 5.76 Å². The first-order chi connectivity index (χ1) is 14.0. The van der Waals surface area contributed by atoms with Gasteiger partial charge in [-0.25, -0.2) is 4.79 Å². The monoisotopic (exact) mass is 406 g/mol. The minimum absolute atomic E-state index is 0.170. The van der Waals surface area contributed by atoms with E-state index in [4.69, 9.17) is 14.2 Å². The van der Waals surface area contributed by atoms with Crippen molar-refractivity contribution in [3.8, 4) is 17.2 Å². The van der Waals surface area contributed by atoms with E-state index in [2.05, 4.69) is 0 Å². The molecule has 5 nitrogen and oxygen atoms in total. The first-order valence-corrected chi connectivity index (χ1v) is 9.83. The van der Waals surface area contributed by atoms with Gasteiger partial charge in [0.2, 0.25) is 5.78 Å². The molecule has 0 saturated heterocycles. The van der Waals surface area contributed by atoms with Gasteiger partial charge in [-0.15, -0.1) is 11.3 Å². The molecule has 0 saturated carbocycles. The molecule has 1 aliphatic rings. The third-order valence-corrected chi connectivity index (χ3v) is 5.59. The molecule has 29 heavy (non-hydrogen) atoms. The topological polar surface area (TPSA) is 61.8 Å². The molecule has 2 heterocycles. The molecule has 1 aromatic heterocycles. The van der Waals surface area contributed by atoms with Crippen molar-refractivity contribution < 1.29 is 23.8 Å². The Morgan fingerprint density at radius 3 is 2.62 bits per heavy atom. The fourth-order valence-corrected chi connectivity index (χ4v) is 3.95. The number of hydrogen-bond donors (Lipinski definition) is 0. The summed E-state index contributed by atoms with van der Waals surface area (Å²) in [5, 5.41) is 1.97. The first-order valence-electron chi connectivity index (χ1n) is 8.95. The largest absolute Gasteiger partial charge is 0.497 e. The minimum atomic E-state index is -0.516. The quantitative estimate of drug-likeness (QED) is 0.338. The molecule has 0 unspecified atom stereocenters. The number of benzene rings is 2. The van der Waals surface area contributed by atoms with Crippen LogP contribution in [0.4, 0.5) is 0 Å². The van der Waals surface area contributed by atoms with E-state index < -0.39 is 5.97 Å². The van der Waals surface area contributed by atoms with Crippen LogP contribution in [0.3, 0.4) is 0 Å². The number of methoxy groups -OCH3 is 1. The average Bonchev–Trinajstić information content (AvgIpc) is 3.25. The number of carbonyl (C=O) groups excluding carboxylic acids is 2. The Bertz CT molecular complexity index is 1160. The van der Waals surface area contributed by atoms with Gasteiger partial charge in [-0.3, -0.25) is 4.79 Å². The molecule has 0 fully saturated rings. The minimum Gasteiger partial charge on any atom is -0.497 e. The van der Waals surface area contributed by atoms with Gasteiger partial charge in [0.25, 0.3) is 0 Å². The normalized spacial score (nSPS) is 13.9. The zero-order valence-corrected chi connectivity index (χ0v) is 17.0. The second-order valence-corrected chi connectivity index (χ2v) is 7.59. The summed E-state index contributed by atoms with van der Waals surface area (Å²) in [5.74, 6) is 0.856. The number of thiophene rings is 1. The number of ketones is 1. The van der Waals surface area contributed by atoms with E-state index in [0.717, 1.165) is 10.4 Å². The number of aryl methyl sites for hydroxylation is 2. The molecule has 146 valence electrons. The van der Waals surface area contributed by atoms with Crippen molar-refractivity contribution in [2.45, 2.75) is 13.8 Å². The molecule has 0 radical (unpaired) electrons. The molecular weight excluding hydrogens is 388 g/mol. The lowest BCUT2D eigenvalue weighted by molar-refractivity contribution is 0.0734. The summed E-state index contributed by atoms with van der Waals surface area (Å²) in [5.41, 5.74) is 2.63. The zero-order valence-electron chi connectivity index (χ0n) is 16.1. The molecule has 0 bridgehead atoms. The van der Waals surface area contributed by atoms with Gasteiger partial charge < -0.3 is 14.2 Å². The Labute approximate surface area is 172 Å². The molecule has 6 heteroatoms. The van der Waals surface area contributed by atoms with Gasteiger partial charge in [-0.1, -0.05) is 6.07 Å². The Morgan fingerprint density at radius 2 is 1.90 bits per heavy atom. The van der Waals surface area contributed by atoms with Gasteiger partial charge in [0, 0.05) is 17.0 Å². The number of hydrogen-bond acceptors (Lipinski definition) is 6. The van der Waals surface area contributed by atoms with Crippen LogP contribution in [-0.4, -0.2) is 18.9 Å². The van der Waals surface area contributed by atoms with Crippen LogP contribution in [0, 0.1) is 13.8 Å². The average molecular weight is 406 g/mol. The summed E-state index contributed by atoms with van der Waals surface area (Å²) < 4.78 is 16.4. The number of esters is 1. The number of allylic oxidation sites excluding steroid dienone is 1. The summed E-state index contributed by atoms with van der Waals surface area (Å²) in [6, 6.07) is 11.9. The molecule has 4 rings (SSSR count). The Morgan fingerprint density at radius 1 is 1.07 bits per heavy atom. The predicted octanol–water partition coefficient (Wildman–Crippen LogP) is 5.21. The first kappa shape index (κ1) is 19.0. The van der Waals surface area contributed by atoms with Crippen molar-refractivity contribution in [1.29, 1.82) is 0 Å². The van der Waals surface area contributed by atoms with Crippen molar-refractivity contribution in [2.24, 2.45) is 0 Å². The lowest BCUT2D eigenvalue weighted by atomic mass is 10.0. The number of Topliss-reactive ketones (excluding diaryl/α,β-unsaturated/α-hetero) is 1. The smallest absolute Gasteiger partial charge is 0.343 e. The molecule has 0 aliphatic carbocycles. The van der Waals surface area contributed by atoms with Crippen LogP contribution >= 0.6 is 11.3 Å². The highest BCUT2D eigenvalue weighted by atomic mass is 32.1. The van der Waals surface area contributed by atoms with Crippen LogP contribution in [0.25, 0.3) is 6.08 Å². The molecule has 0 N–H and O–H groups in total. The second-order valence-electron chi connectivity index (χ2n) is 6.64. The van der Waals surface area contributed by atoms with Crippen LogP contribution in [0.15, 0.2) is 53.6 Å². The Balaban J connectivity index is 1.61. The molecule has 0 atom stereocenters. The van der Waals surface area contributed by atoms with Crippen LogP contribution in [0.2, 0.25) is 0 Å². The molecule has 1 aliphatic heterocycles. The lowest BCUT2D eigenvalue weighted by Gasteiger charge is -2.08. The van der Waals surface area contributed by atoms with Crippen molar-refractivity contribution >= 4 is 29.2 Å². The van der Waals surface area contributed by atoms with Crippen molar-refractivity contribution in [2.75, 3.05) is 7.11 Å². The maximum Gasteiger partial charge on any atom is 0.343 e. The van der Waals surface area contributed by atoms with Crippen LogP contribution < -0.4 is 14.2 Å². The van der Waals surface area contributed by atoms with E-state index in [0.29, 0.717) is 33.9 Å². The Kier molecular flexibility index (Phi) is 4.94. The fraction of sp³-hybridized carbons (Fsp3) is 0.130. The standard InChI is InChI=1S/C23H18O5S/c1-13-7-8-29-20(13)12-19-22(24)21-14(2)9-17(11-18(21)28-19)27-23(25)15-5-4-6-16(10-15)26-3/h4-12H,1-3H3/b19-12-. The number of rotatable bonds is 4. The molecular formula is C23H18O5S. The predicted molar refractivity (Wildman–Crippen MR) is 111 cm³/mol. The summed E-state index contributed by atoms with van der Waals surface area (Å²) in [6.07, 6.45) is 1.75. The van der Waals surface area contributed by atoms with E-state index in [1.165, 1.54) is 7.11 Å². The van der Waals surface area contributed by atoms with E-state index in [-0.39, 0.29) is 11.5 Å². The van der Waals surface area contributed by atoms with Gasteiger partial charge in [0.05, 0.1) is 18.2 Å². The van der Waals surface area contributed by atoms with Gasteiger partial charge >= 0.3 is 5.97 Å². The van der Waals surface area contributed by atoms with Crippen LogP contribution in [0.5, 0.6) is 17.2 Å². The number of carbonyl (C=O) groups is 2. The Hall–Kier alpha value is -3.38. The van der Waals surface area contributed by atoms with Crippen molar-refractivity contribution in [1.82, 2.24) is 0 Å². The molecule has 0 spiro atoms. The van der Waals surface area contributed by atoms with Gasteiger partial charge in [-0.2, -0.15) is 0 Å². The van der Waals surface area contributed by atoms with Crippen LogP contribution in [-0.2, 0) is 0 Å². The summed E-state index contributed by atoms with van der Waals surface area (Å²) >= 11 is 1.55. The lowest BCUT2D eigenvalue weighted by Crippen LogP contribution is -2.09. The fourth-order valence-electron chi connectivity index (χ4n) is 3.10. The van der Waals surface area contributed by atoms with E-state index in [1.54, 1.807) is 60.7 Å². The van der Waals surface area contributed by atoms with E-state index >= 15 is 0 Å². The van der Waals surface area contributed by atoms with E-state index in [9.17, 15) is 9.59 Å². The maximum absolute atomic E-state index is 12.8. The second kappa shape index (κ2) is 7.56. The molecule has 3 aromatic rings. The van der Waals surface area contributed by atoms with Crippen LogP contribution in [0.1, 0.15) is 36.7 Å². The highest BCUT2D eigenvalue weighted by Crippen LogP contribution is 2.38. The third-order valence-electron chi connectivity index (χ3n) is 4.62. The third kappa shape index (κ3) is 3.67. The summed E-state index contributed by atoms with van der Waals surface area (Å²) in [4.78, 5) is 26.2. The SMILES string of the molecule is COc1cccc(C(=O)Oc2cc(C)c3c(c2)O/C(=C\c2sccc2C)C3=O)c1. The zero-order chi connectivity index (χ0) is 20.5. The van der Waals surface area contributed by atoms with Crippen molar-refractivity contribution in [3.05, 3.63) is 80.7 Å². The maximum atomic E-state index is 12.8. The number of ether oxygens (including phenoxy) is 3. The van der Waals surface area contributed by atoms with Gasteiger partial charge in [0.1, 0.15) is 17.2 Å². The molecule has 0 amide bonds.